The minimum absolute atomic E-state index is 0.192. The smallest absolute Gasteiger partial charge is 0.259 e. The molecule has 0 unspecified atom stereocenters. The zero-order chi connectivity index (χ0) is 26.2. The number of nitrogens with zero attached hydrogens (tertiary/aromatic N) is 3. The van der Waals surface area contributed by atoms with Gasteiger partial charge in [0.25, 0.3) is 11.8 Å². The van der Waals surface area contributed by atoms with Gasteiger partial charge < -0.3 is 15.0 Å². The maximum atomic E-state index is 13.8. The standard InChI is InChI=1S/C30H30N4O3/c1-4-33(5-2)30(36)27-21-31-34(24-14-10-7-11-15-24)28(27)32-29(35)26(23-12-8-6-9-13-23)20-22-16-18-25(37-3)19-17-22/h6-21H,4-5H2,1-3H3,(H,32,35)/b26-20+. The van der Waals surface area contributed by atoms with Gasteiger partial charge in [0.05, 0.1) is 19.0 Å². The summed E-state index contributed by atoms with van der Waals surface area (Å²) in [6.45, 7) is 4.94. The maximum absolute atomic E-state index is 13.8. The molecular weight excluding hydrogens is 464 g/mol. The lowest BCUT2D eigenvalue weighted by molar-refractivity contribution is -0.111. The molecule has 7 heteroatoms. The monoisotopic (exact) mass is 494 g/mol. The summed E-state index contributed by atoms with van der Waals surface area (Å²) < 4.78 is 6.85. The molecule has 37 heavy (non-hydrogen) atoms. The summed E-state index contributed by atoms with van der Waals surface area (Å²) in [5, 5.41) is 7.47. The molecule has 4 aromatic rings. The molecule has 4 rings (SSSR count). The van der Waals surface area contributed by atoms with Crippen molar-refractivity contribution in [2.24, 2.45) is 0 Å². The van der Waals surface area contributed by atoms with E-state index < -0.39 is 0 Å². The summed E-state index contributed by atoms with van der Waals surface area (Å²) in [7, 11) is 1.61. The molecule has 0 aliphatic carbocycles. The molecule has 0 bridgehead atoms. The van der Waals surface area contributed by atoms with E-state index in [0.717, 1.165) is 22.6 Å². The Morgan fingerprint density at radius 1 is 0.919 bits per heavy atom. The van der Waals surface area contributed by atoms with Gasteiger partial charge in [-0.3, -0.25) is 9.59 Å². The molecule has 0 radical (unpaired) electrons. The molecule has 7 nitrogen and oxygen atoms in total. The number of para-hydroxylation sites is 1. The van der Waals surface area contributed by atoms with Gasteiger partial charge >= 0.3 is 0 Å². The van der Waals surface area contributed by atoms with E-state index in [9.17, 15) is 9.59 Å². The van der Waals surface area contributed by atoms with E-state index in [4.69, 9.17) is 4.74 Å². The van der Waals surface area contributed by atoms with Gasteiger partial charge in [-0.25, -0.2) is 4.68 Å². The molecule has 1 heterocycles. The van der Waals surface area contributed by atoms with Crippen LogP contribution in [0.1, 0.15) is 35.3 Å². The number of rotatable bonds is 9. The Labute approximate surface area is 217 Å². The zero-order valence-electron chi connectivity index (χ0n) is 21.2. The SMILES string of the molecule is CCN(CC)C(=O)c1cnn(-c2ccccc2)c1NC(=O)/C(=C/c1ccc(OC)cc1)c1ccccc1. The predicted molar refractivity (Wildman–Crippen MR) is 147 cm³/mol. The quantitative estimate of drug-likeness (QED) is 0.245. The molecule has 188 valence electrons. The maximum Gasteiger partial charge on any atom is 0.259 e. The van der Waals surface area contributed by atoms with Gasteiger partial charge in [-0.15, -0.1) is 0 Å². The highest BCUT2D eigenvalue weighted by molar-refractivity contribution is 6.29. The molecule has 0 atom stereocenters. The number of benzene rings is 3. The van der Waals surface area contributed by atoms with Crippen molar-refractivity contribution in [3.05, 3.63) is 108 Å². The molecule has 3 aromatic carbocycles. The first-order valence-electron chi connectivity index (χ1n) is 12.2. The number of ether oxygens (including phenoxy) is 1. The highest BCUT2D eigenvalue weighted by atomic mass is 16.5. The van der Waals surface area contributed by atoms with Gasteiger partial charge in [0.15, 0.2) is 0 Å². The van der Waals surface area contributed by atoms with Gasteiger partial charge in [0.1, 0.15) is 17.1 Å². The van der Waals surface area contributed by atoms with Crippen molar-refractivity contribution in [1.82, 2.24) is 14.7 Å². The van der Waals surface area contributed by atoms with E-state index in [0.29, 0.717) is 30.0 Å². The van der Waals surface area contributed by atoms with Crippen molar-refractivity contribution >= 4 is 29.3 Å². The minimum Gasteiger partial charge on any atom is -0.497 e. The molecule has 2 amide bonds. The third-order valence-electron chi connectivity index (χ3n) is 6.04. The lowest BCUT2D eigenvalue weighted by Crippen LogP contribution is -2.31. The molecule has 0 saturated heterocycles. The topological polar surface area (TPSA) is 76.5 Å². The van der Waals surface area contributed by atoms with Gasteiger partial charge in [0.2, 0.25) is 0 Å². The third-order valence-corrected chi connectivity index (χ3v) is 6.04. The summed E-state index contributed by atoms with van der Waals surface area (Å²) in [5.41, 5.74) is 3.10. The fraction of sp³-hybridized carbons (Fsp3) is 0.167. The Kier molecular flexibility index (Phi) is 8.15. The van der Waals surface area contributed by atoms with E-state index in [1.807, 2.05) is 105 Å². The van der Waals surface area contributed by atoms with Crippen LogP contribution in [-0.2, 0) is 4.79 Å². The molecule has 0 aliphatic heterocycles. The number of carbonyl (C=O) groups is 2. The van der Waals surface area contributed by atoms with Crippen LogP contribution in [0.25, 0.3) is 17.3 Å². The van der Waals surface area contributed by atoms with Crippen LogP contribution >= 0.6 is 0 Å². The predicted octanol–water partition coefficient (Wildman–Crippen LogP) is 5.54. The van der Waals surface area contributed by atoms with Crippen LogP contribution in [0.4, 0.5) is 5.82 Å². The minimum atomic E-state index is -0.353. The van der Waals surface area contributed by atoms with E-state index in [2.05, 4.69) is 10.4 Å². The van der Waals surface area contributed by atoms with Gasteiger partial charge in [0, 0.05) is 18.7 Å². The van der Waals surface area contributed by atoms with Crippen molar-refractivity contribution < 1.29 is 14.3 Å². The largest absolute Gasteiger partial charge is 0.497 e. The fourth-order valence-electron chi connectivity index (χ4n) is 4.01. The second-order valence-electron chi connectivity index (χ2n) is 8.28. The van der Waals surface area contributed by atoms with E-state index in [-0.39, 0.29) is 11.8 Å². The average Bonchev–Trinajstić information content (AvgIpc) is 3.36. The van der Waals surface area contributed by atoms with Crippen LogP contribution in [0.3, 0.4) is 0 Å². The molecule has 0 aliphatic rings. The lowest BCUT2D eigenvalue weighted by atomic mass is 10.0. The second-order valence-corrected chi connectivity index (χ2v) is 8.28. The Balaban J connectivity index is 1.78. The Bertz CT molecular complexity index is 1370. The van der Waals surface area contributed by atoms with Gasteiger partial charge in [-0.2, -0.15) is 5.10 Å². The molecule has 0 fully saturated rings. The number of anilines is 1. The van der Waals surface area contributed by atoms with Crippen LogP contribution in [0.15, 0.2) is 91.1 Å². The zero-order valence-corrected chi connectivity index (χ0v) is 21.2. The summed E-state index contributed by atoms with van der Waals surface area (Å²) in [4.78, 5) is 28.9. The van der Waals surface area contributed by atoms with Crippen molar-refractivity contribution in [2.45, 2.75) is 13.8 Å². The van der Waals surface area contributed by atoms with E-state index >= 15 is 0 Å². The van der Waals surface area contributed by atoms with E-state index in [1.54, 1.807) is 16.7 Å². The second kappa shape index (κ2) is 11.9. The van der Waals surface area contributed by atoms with Crippen LogP contribution in [0, 0.1) is 0 Å². The van der Waals surface area contributed by atoms with Gasteiger partial charge in [-0.1, -0.05) is 60.7 Å². The van der Waals surface area contributed by atoms with Crippen molar-refractivity contribution in [2.75, 3.05) is 25.5 Å². The number of carbonyl (C=O) groups excluding carboxylic acids is 2. The average molecular weight is 495 g/mol. The first kappa shape index (κ1) is 25.4. The normalized spacial score (nSPS) is 11.2. The Morgan fingerprint density at radius 2 is 1.54 bits per heavy atom. The van der Waals surface area contributed by atoms with Crippen molar-refractivity contribution in [3.63, 3.8) is 0 Å². The first-order valence-corrected chi connectivity index (χ1v) is 12.2. The number of methoxy groups -OCH3 is 1. The molecule has 0 saturated carbocycles. The highest BCUT2D eigenvalue weighted by Gasteiger charge is 2.25. The molecule has 1 N–H and O–H groups in total. The summed E-state index contributed by atoms with van der Waals surface area (Å²) >= 11 is 0. The number of hydrogen-bond donors (Lipinski definition) is 1. The molecular formula is C30H30N4O3. The first-order chi connectivity index (χ1) is 18.0. The van der Waals surface area contributed by atoms with Crippen LogP contribution in [0.2, 0.25) is 0 Å². The summed E-state index contributed by atoms with van der Waals surface area (Å²) in [5.74, 6) is 0.509. The van der Waals surface area contributed by atoms with Crippen LogP contribution in [-0.4, -0.2) is 46.7 Å². The van der Waals surface area contributed by atoms with Crippen LogP contribution < -0.4 is 10.1 Å². The molecule has 1 aromatic heterocycles. The lowest BCUT2D eigenvalue weighted by Gasteiger charge is -2.19. The van der Waals surface area contributed by atoms with Crippen molar-refractivity contribution in [1.29, 1.82) is 0 Å². The van der Waals surface area contributed by atoms with Crippen LogP contribution in [0.5, 0.6) is 5.75 Å². The number of nitrogens with one attached hydrogen (secondary N) is 1. The summed E-state index contributed by atoms with van der Waals surface area (Å²) in [6.07, 6.45) is 3.33. The Morgan fingerprint density at radius 3 is 2.14 bits per heavy atom. The third kappa shape index (κ3) is 5.78. The summed E-state index contributed by atoms with van der Waals surface area (Å²) in [6, 6.07) is 26.3. The van der Waals surface area contributed by atoms with Gasteiger partial charge in [-0.05, 0) is 55.3 Å². The van der Waals surface area contributed by atoms with E-state index in [1.165, 1.54) is 6.20 Å². The fourth-order valence-corrected chi connectivity index (χ4v) is 4.01. The highest BCUT2D eigenvalue weighted by Crippen LogP contribution is 2.26. The Hall–Kier alpha value is -4.65. The number of amides is 2. The molecule has 0 spiro atoms. The number of aromatic nitrogens is 2. The van der Waals surface area contributed by atoms with Crippen molar-refractivity contribution in [3.8, 4) is 11.4 Å². The number of hydrogen-bond acceptors (Lipinski definition) is 4.